The van der Waals surface area contributed by atoms with Crippen molar-refractivity contribution >= 4 is 35.6 Å². The van der Waals surface area contributed by atoms with E-state index in [9.17, 15) is 24.4 Å². The first-order valence-electron chi connectivity index (χ1n) is 11.6. The maximum Gasteiger partial charge on any atom is 0.303 e. The van der Waals surface area contributed by atoms with Gasteiger partial charge in [-0.2, -0.15) is 5.26 Å². The van der Waals surface area contributed by atoms with Crippen LogP contribution in [-0.4, -0.2) is 60.3 Å². The molecule has 1 aromatic rings. The van der Waals surface area contributed by atoms with E-state index >= 15 is 0 Å². The van der Waals surface area contributed by atoms with Gasteiger partial charge in [0, 0.05) is 33.4 Å². The van der Waals surface area contributed by atoms with Crippen molar-refractivity contribution in [1.29, 1.82) is 5.26 Å². The quantitative estimate of drug-likeness (QED) is 0.372. The van der Waals surface area contributed by atoms with Crippen molar-refractivity contribution in [3.05, 3.63) is 46.5 Å². The molecule has 12 nitrogen and oxygen atoms in total. The minimum absolute atomic E-state index is 0.309. The summed E-state index contributed by atoms with van der Waals surface area (Å²) in [5, 5.41) is 13.5. The summed E-state index contributed by atoms with van der Waals surface area (Å²) in [6.07, 6.45) is -1.60. The number of dihydropyridines is 1. The second-order valence-corrected chi connectivity index (χ2v) is 9.62. The van der Waals surface area contributed by atoms with Crippen LogP contribution in [0, 0.1) is 11.3 Å². The molecule has 2 aliphatic rings. The zero-order valence-electron chi connectivity index (χ0n) is 21.4. The number of allylic oxidation sites excluding steroid dienone is 3. The summed E-state index contributed by atoms with van der Waals surface area (Å²) in [5.41, 5.74) is -0.0495. The van der Waals surface area contributed by atoms with Gasteiger partial charge in [0.2, 0.25) is 0 Å². The highest BCUT2D eigenvalue weighted by Gasteiger charge is 2.53. The average Bonchev–Trinajstić information content (AvgIpc) is 3.35. The van der Waals surface area contributed by atoms with Gasteiger partial charge in [-0.05, 0) is 25.1 Å². The number of nitriles is 1. The molecular formula is C25H28N2O10S. The smallest absolute Gasteiger partial charge is 0.303 e. The van der Waals surface area contributed by atoms with Crippen LogP contribution in [0.5, 0.6) is 0 Å². The van der Waals surface area contributed by atoms with Gasteiger partial charge in [0.25, 0.3) is 0 Å². The number of hydrogen-bond acceptors (Lipinski definition) is 13. The van der Waals surface area contributed by atoms with Gasteiger partial charge < -0.3 is 33.4 Å². The zero-order valence-corrected chi connectivity index (χ0v) is 22.2. The van der Waals surface area contributed by atoms with Gasteiger partial charge in [-0.1, -0.05) is 11.8 Å². The first-order chi connectivity index (χ1) is 18.0. The van der Waals surface area contributed by atoms with Crippen LogP contribution >= 0.6 is 11.8 Å². The number of esters is 4. The third kappa shape index (κ3) is 7.17. The van der Waals surface area contributed by atoms with Crippen molar-refractivity contribution < 1.29 is 47.3 Å². The van der Waals surface area contributed by atoms with Crippen LogP contribution < -0.4 is 5.32 Å². The Hall–Kier alpha value is -3.76. The lowest BCUT2D eigenvalue weighted by atomic mass is 9.95. The van der Waals surface area contributed by atoms with Gasteiger partial charge in [0.05, 0.1) is 28.9 Å². The largest absolute Gasteiger partial charge is 0.468 e. The summed E-state index contributed by atoms with van der Waals surface area (Å²) in [6.45, 7) is 6.11. The molecule has 3 rings (SSSR count). The summed E-state index contributed by atoms with van der Waals surface area (Å²) in [6, 6.07) is 5.65. The summed E-state index contributed by atoms with van der Waals surface area (Å²) in [5.74, 6) is -2.73. The second-order valence-electron chi connectivity index (χ2n) is 8.51. The summed E-state index contributed by atoms with van der Waals surface area (Å²) >= 11 is 1.01. The van der Waals surface area contributed by atoms with Crippen molar-refractivity contribution in [2.45, 2.75) is 70.4 Å². The highest BCUT2D eigenvalue weighted by atomic mass is 32.2. The standard InChI is InChI=1S/C25H28N2O10S/c1-12-9-17(19-7-6-8-32-19)18(10-26)24(27-12)38-25-23(36-16(5)31)22(35-15(4)30)21(34-14(3)29)20(37-25)11-33-13(2)28/h6-9,17,20-23,25,27H,11H2,1-5H3/t17?,20-,21-,22+,23-,25+/m1/s1. The molecule has 1 saturated heterocycles. The number of carbonyl (C=O) groups excluding carboxylic acids is 4. The van der Waals surface area contributed by atoms with Crippen LogP contribution in [-0.2, 0) is 42.9 Å². The van der Waals surface area contributed by atoms with E-state index in [2.05, 4.69) is 11.4 Å². The Kier molecular flexibility index (Phi) is 9.60. The number of carbonyl (C=O) groups is 4. The van der Waals surface area contributed by atoms with E-state index in [1.165, 1.54) is 13.2 Å². The number of nitrogens with one attached hydrogen (secondary N) is 1. The lowest BCUT2D eigenvalue weighted by molar-refractivity contribution is -0.237. The summed E-state index contributed by atoms with van der Waals surface area (Å²) in [4.78, 5) is 47.6. The van der Waals surface area contributed by atoms with E-state index in [1.54, 1.807) is 19.1 Å². The van der Waals surface area contributed by atoms with Crippen molar-refractivity contribution in [2.75, 3.05) is 6.61 Å². The average molecular weight is 549 g/mol. The molecule has 2 aliphatic heterocycles. The highest BCUT2D eigenvalue weighted by Crippen LogP contribution is 2.41. The van der Waals surface area contributed by atoms with Gasteiger partial charge in [0.1, 0.15) is 18.5 Å². The molecule has 204 valence electrons. The van der Waals surface area contributed by atoms with Gasteiger partial charge in [-0.25, -0.2) is 0 Å². The summed E-state index contributed by atoms with van der Waals surface area (Å²) in [7, 11) is 0. The molecule has 0 aliphatic carbocycles. The van der Waals surface area contributed by atoms with Crippen molar-refractivity contribution in [2.24, 2.45) is 0 Å². The van der Waals surface area contributed by atoms with E-state index in [0.717, 1.165) is 38.2 Å². The number of thioether (sulfide) groups is 1. The number of hydrogen-bond donors (Lipinski definition) is 1. The summed E-state index contributed by atoms with van der Waals surface area (Å²) < 4.78 is 33.2. The van der Waals surface area contributed by atoms with E-state index in [0.29, 0.717) is 16.4 Å². The second kappa shape index (κ2) is 12.7. The number of nitrogens with zero attached hydrogens (tertiary/aromatic N) is 1. The minimum Gasteiger partial charge on any atom is -0.468 e. The Balaban J connectivity index is 2.05. The molecule has 1 fully saturated rings. The first kappa shape index (κ1) is 28.8. The SMILES string of the molecule is CC(=O)OC[C@H]1O[C@@H](SC2=C(C#N)C(c3ccco3)C=C(C)N2)[C@H](OC(C)=O)[C@@H](OC(C)=O)[C@@H]1OC(C)=O. The number of ether oxygens (including phenoxy) is 5. The van der Waals surface area contributed by atoms with Crippen LogP contribution in [0.15, 0.2) is 45.2 Å². The molecule has 1 aromatic heterocycles. The van der Waals surface area contributed by atoms with Crippen molar-refractivity contribution in [3.8, 4) is 6.07 Å². The third-order valence-corrected chi connectivity index (χ3v) is 6.60. The molecular weight excluding hydrogens is 520 g/mol. The monoisotopic (exact) mass is 548 g/mol. The lowest BCUT2D eigenvalue weighted by Crippen LogP contribution is -2.61. The number of furan rings is 1. The molecule has 0 bridgehead atoms. The third-order valence-electron chi connectivity index (χ3n) is 5.44. The van der Waals surface area contributed by atoms with Crippen LogP contribution in [0.1, 0.15) is 46.3 Å². The molecule has 0 saturated carbocycles. The predicted octanol–water partition coefficient (Wildman–Crippen LogP) is 2.42. The topological polar surface area (TPSA) is 163 Å². The Labute approximate surface area is 223 Å². The molecule has 0 amide bonds. The first-order valence-corrected chi connectivity index (χ1v) is 12.5. The maximum absolute atomic E-state index is 12.1. The molecule has 38 heavy (non-hydrogen) atoms. The molecule has 6 atom stereocenters. The lowest BCUT2D eigenvalue weighted by Gasteiger charge is -2.44. The normalized spacial score (nSPS) is 26.8. The van der Waals surface area contributed by atoms with Crippen LogP contribution in [0.3, 0.4) is 0 Å². The van der Waals surface area contributed by atoms with Crippen LogP contribution in [0.2, 0.25) is 0 Å². The Bertz CT molecular complexity index is 1170. The van der Waals surface area contributed by atoms with Gasteiger partial charge >= 0.3 is 23.9 Å². The molecule has 3 heterocycles. The molecule has 1 N–H and O–H groups in total. The fraction of sp³-hybridized carbons (Fsp3) is 0.480. The maximum atomic E-state index is 12.1. The van der Waals surface area contributed by atoms with Crippen molar-refractivity contribution in [1.82, 2.24) is 5.32 Å². The number of rotatable bonds is 8. The van der Waals surface area contributed by atoms with E-state index < -0.39 is 59.6 Å². The van der Waals surface area contributed by atoms with Gasteiger partial charge in [-0.15, -0.1) is 0 Å². The van der Waals surface area contributed by atoms with Crippen LogP contribution in [0.4, 0.5) is 0 Å². The van der Waals surface area contributed by atoms with Crippen LogP contribution in [0.25, 0.3) is 0 Å². The van der Waals surface area contributed by atoms with Crippen molar-refractivity contribution in [3.63, 3.8) is 0 Å². The predicted molar refractivity (Wildman–Crippen MR) is 131 cm³/mol. The van der Waals surface area contributed by atoms with Gasteiger partial charge in [0.15, 0.2) is 23.7 Å². The Morgan fingerprint density at radius 3 is 2.18 bits per heavy atom. The van der Waals surface area contributed by atoms with E-state index in [1.807, 2.05) is 6.08 Å². The Morgan fingerprint density at radius 1 is 1.00 bits per heavy atom. The zero-order chi connectivity index (χ0) is 28.0. The fourth-order valence-electron chi connectivity index (χ4n) is 4.07. The molecule has 1 unspecified atom stereocenters. The minimum atomic E-state index is -1.31. The van der Waals surface area contributed by atoms with Gasteiger partial charge in [-0.3, -0.25) is 19.2 Å². The molecule has 13 heteroatoms. The molecule has 0 spiro atoms. The van der Waals surface area contributed by atoms with E-state index in [4.69, 9.17) is 28.1 Å². The molecule has 0 radical (unpaired) electrons. The molecule has 0 aromatic carbocycles. The highest BCUT2D eigenvalue weighted by molar-refractivity contribution is 8.03. The Morgan fingerprint density at radius 2 is 1.63 bits per heavy atom. The fourth-order valence-corrected chi connectivity index (χ4v) is 5.36. The van der Waals surface area contributed by atoms with E-state index in [-0.39, 0.29) is 6.61 Å².